The van der Waals surface area contributed by atoms with E-state index in [0.29, 0.717) is 0 Å². The fraction of sp³-hybridized carbons (Fsp3) is 0. The lowest BCUT2D eigenvalue weighted by Crippen LogP contribution is -2.10. The molecule has 0 aliphatic carbocycles. The minimum atomic E-state index is 0.895. The molecule has 2 nitrogen and oxygen atoms in total. The van der Waals surface area contributed by atoms with Crippen molar-refractivity contribution < 1.29 is 4.42 Å². The lowest BCUT2D eigenvalue weighted by atomic mass is 10.00. The highest BCUT2D eigenvalue weighted by atomic mass is 16.3. The monoisotopic (exact) mass is 537 g/mol. The lowest BCUT2D eigenvalue weighted by molar-refractivity contribution is 0.673. The van der Waals surface area contributed by atoms with Crippen molar-refractivity contribution in [3.63, 3.8) is 0 Å². The van der Waals surface area contributed by atoms with Crippen LogP contribution in [-0.4, -0.2) is 0 Å². The van der Waals surface area contributed by atoms with E-state index in [1.165, 1.54) is 16.7 Å². The summed E-state index contributed by atoms with van der Waals surface area (Å²) in [6.45, 7) is 0. The van der Waals surface area contributed by atoms with Gasteiger partial charge in [0, 0.05) is 32.9 Å². The summed E-state index contributed by atoms with van der Waals surface area (Å²) < 4.78 is 6.62. The van der Waals surface area contributed by atoms with Gasteiger partial charge >= 0.3 is 0 Å². The van der Waals surface area contributed by atoms with Crippen LogP contribution in [0.3, 0.4) is 0 Å². The van der Waals surface area contributed by atoms with Crippen molar-refractivity contribution in [2.24, 2.45) is 0 Å². The Bertz CT molecular complexity index is 2160. The molecule has 0 atom stereocenters. The van der Waals surface area contributed by atoms with Gasteiger partial charge in [0.15, 0.2) is 0 Å². The first-order valence-corrected chi connectivity index (χ1v) is 14.3. The van der Waals surface area contributed by atoms with Gasteiger partial charge in [-0.15, -0.1) is 0 Å². The molecule has 0 aliphatic heterocycles. The van der Waals surface area contributed by atoms with E-state index < -0.39 is 0 Å². The van der Waals surface area contributed by atoms with Crippen molar-refractivity contribution in [3.8, 4) is 22.3 Å². The maximum absolute atomic E-state index is 6.62. The molecule has 1 aromatic heterocycles. The van der Waals surface area contributed by atoms with Crippen LogP contribution in [0, 0.1) is 0 Å². The number of fused-ring (bicyclic) bond motifs is 5. The smallest absolute Gasteiger partial charge is 0.143 e. The van der Waals surface area contributed by atoms with E-state index in [1.807, 2.05) is 6.07 Å². The largest absolute Gasteiger partial charge is 0.455 e. The molecule has 8 rings (SSSR count). The van der Waals surface area contributed by atoms with Crippen molar-refractivity contribution in [1.82, 2.24) is 0 Å². The second kappa shape index (κ2) is 10.1. The maximum Gasteiger partial charge on any atom is 0.143 e. The van der Waals surface area contributed by atoms with Gasteiger partial charge in [0.25, 0.3) is 0 Å². The molecule has 0 unspecified atom stereocenters. The number of hydrogen-bond acceptors (Lipinski definition) is 2. The minimum Gasteiger partial charge on any atom is -0.455 e. The third-order valence-electron chi connectivity index (χ3n) is 8.05. The molecule has 7 aromatic carbocycles. The minimum absolute atomic E-state index is 0.895. The van der Waals surface area contributed by atoms with E-state index in [-0.39, 0.29) is 0 Å². The molecule has 0 bridgehead atoms. The first-order chi connectivity index (χ1) is 20.8. The Morgan fingerprint density at radius 2 is 0.881 bits per heavy atom. The van der Waals surface area contributed by atoms with Crippen molar-refractivity contribution in [2.75, 3.05) is 4.90 Å². The second-order valence-electron chi connectivity index (χ2n) is 10.6. The highest BCUT2D eigenvalue weighted by Crippen LogP contribution is 2.45. The molecule has 2 heteroatoms. The normalized spacial score (nSPS) is 11.3. The molecule has 198 valence electrons. The molecular formula is C40H27NO. The lowest BCUT2D eigenvalue weighted by Gasteiger charge is -2.27. The van der Waals surface area contributed by atoms with Crippen molar-refractivity contribution in [1.29, 1.82) is 0 Å². The van der Waals surface area contributed by atoms with Gasteiger partial charge < -0.3 is 9.32 Å². The SMILES string of the molecule is c1ccc(-c2ccc(N(c3ccccc3)c3cc4c5ccc(-c6ccccc6)cc5oc4c4ccccc34)cc2)cc1. The summed E-state index contributed by atoms with van der Waals surface area (Å²) in [5.74, 6) is 0. The summed E-state index contributed by atoms with van der Waals surface area (Å²) in [7, 11) is 0. The van der Waals surface area contributed by atoms with Crippen LogP contribution >= 0.6 is 0 Å². The summed E-state index contributed by atoms with van der Waals surface area (Å²) in [4.78, 5) is 2.35. The summed E-state index contributed by atoms with van der Waals surface area (Å²) >= 11 is 0. The van der Waals surface area contributed by atoms with Crippen molar-refractivity contribution >= 4 is 49.8 Å². The molecule has 0 saturated heterocycles. The van der Waals surface area contributed by atoms with Gasteiger partial charge in [-0.1, -0.05) is 121 Å². The quantitative estimate of drug-likeness (QED) is 0.217. The van der Waals surface area contributed by atoms with Crippen LogP contribution in [0.25, 0.3) is 55.0 Å². The molecule has 0 aliphatic rings. The van der Waals surface area contributed by atoms with Crippen LogP contribution in [-0.2, 0) is 0 Å². The van der Waals surface area contributed by atoms with E-state index in [2.05, 4.69) is 163 Å². The summed E-state index contributed by atoms with van der Waals surface area (Å²) in [6.07, 6.45) is 0. The number of furan rings is 1. The van der Waals surface area contributed by atoms with Gasteiger partial charge in [0.1, 0.15) is 11.2 Å². The van der Waals surface area contributed by atoms with E-state index in [9.17, 15) is 0 Å². The summed E-state index contributed by atoms with van der Waals surface area (Å²) in [5, 5.41) is 4.47. The van der Waals surface area contributed by atoms with Gasteiger partial charge in [-0.05, 0) is 64.7 Å². The molecule has 0 amide bonds. The Kier molecular flexibility index (Phi) is 5.82. The molecule has 42 heavy (non-hydrogen) atoms. The highest BCUT2D eigenvalue weighted by molar-refractivity contribution is 6.20. The third-order valence-corrected chi connectivity index (χ3v) is 8.05. The molecule has 8 aromatic rings. The van der Waals surface area contributed by atoms with Crippen LogP contribution < -0.4 is 4.90 Å². The molecule has 0 spiro atoms. The Labute approximate surface area is 244 Å². The average Bonchev–Trinajstić information content (AvgIpc) is 3.45. The van der Waals surface area contributed by atoms with Crippen LogP contribution in [0.5, 0.6) is 0 Å². The number of benzene rings is 7. The Hall–Kier alpha value is -5.60. The van der Waals surface area contributed by atoms with Gasteiger partial charge in [0.2, 0.25) is 0 Å². The zero-order chi connectivity index (χ0) is 27.9. The molecule has 0 N–H and O–H groups in total. The molecular weight excluding hydrogens is 510 g/mol. The van der Waals surface area contributed by atoms with E-state index in [4.69, 9.17) is 4.42 Å². The fourth-order valence-corrected chi connectivity index (χ4v) is 6.01. The standard InChI is InChI=1S/C40H27NO/c1-4-12-28(13-5-1)30-20-23-33(24-21-30)41(32-16-8-3-9-17-32)38-27-37-35-25-22-31(29-14-6-2-7-15-29)26-39(35)42-40(37)36-19-11-10-18-34(36)38/h1-27H. The molecule has 0 fully saturated rings. The predicted molar refractivity (Wildman–Crippen MR) is 177 cm³/mol. The topological polar surface area (TPSA) is 16.4 Å². The van der Waals surface area contributed by atoms with E-state index in [1.54, 1.807) is 0 Å². The van der Waals surface area contributed by atoms with E-state index >= 15 is 0 Å². The van der Waals surface area contributed by atoms with Gasteiger partial charge in [-0.25, -0.2) is 0 Å². The first-order valence-electron chi connectivity index (χ1n) is 14.3. The summed E-state index contributed by atoms with van der Waals surface area (Å²) in [5.41, 5.74) is 9.87. The fourth-order valence-electron chi connectivity index (χ4n) is 6.01. The molecule has 1 heterocycles. The Morgan fingerprint density at radius 1 is 0.357 bits per heavy atom. The van der Waals surface area contributed by atoms with Crippen LogP contribution in [0.4, 0.5) is 17.1 Å². The zero-order valence-electron chi connectivity index (χ0n) is 22.9. The van der Waals surface area contributed by atoms with E-state index in [0.717, 1.165) is 55.3 Å². The Balaban J connectivity index is 1.35. The number of anilines is 3. The second-order valence-corrected chi connectivity index (χ2v) is 10.6. The molecule has 0 saturated carbocycles. The maximum atomic E-state index is 6.62. The van der Waals surface area contributed by atoms with Crippen molar-refractivity contribution in [3.05, 3.63) is 164 Å². The number of para-hydroxylation sites is 1. The van der Waals surface area contributed by atoms with Gasteiger partial charge in [-0.3, -0.25) is 0 Å². The van der Waals surface area contributed by atoms with Crippen LogP contribution in [0.15, 0.2) is 168 Å². The number of rotatable bonds is 5. The van der Waals surface area contributed by atoms with Crippen LogP contribution in [0.2, 0.25) is 0 Å². The average molecular weight is 538 g/mol. The van der Waals surface area contributed by atoms with Gasteiger partial charge in [0.05, 0.1) is 5.69 Å². The highest BCUT2D eigenvalue weighted by Gasteiger charge is 2.20. The number of nitrogens with zero attached hydrogens (tertiary/aromatic N) is 1. The summed E-state index contributed by atoms with van der Waals surface area (Å²) in [6, 6.07) is 57.8. The third kappa shape index (κ3) is 4.13. The predicted octanol–water partition coefficient (Wildman–Crippen LogP) is 11.5. The number of hydrogen-bond donors (Lipinski definition) is 0. The Morgan fingerprint density at radius 3 is 1.57 bits per heavy atom. The zero-order valence-corrected chi connectivity index (χ0v) is 22.9. The van der Waals surface area contributed by atoms with Crippen molar-refractivity contribution in [2.45, 2.75) is 0 Å². The first kappa shape index (κ1) is 24.2. The molecule has 0 radical (unpaired) electrons. The van der Waals surface area contributed by atoms with Gasteiger partial charge in [-0.2, -0.15) is 0 Å². The van der Waals surface area contributed by atoms with Crippen LogP contribution in [0.1, 0.15) is 0 Å².